The number of carbonyl (C=O) groups is 1. The molecule has 0 atom stereocenters. The van der Waals surface area contributed by atoms with Gasteiger partial charge in [0.2, 0.25) is 0 Å². The summed E-state index contributed by atoms with van der Waals surface area (Å²) in [7, 11) is 0. The molecule has 1 aliphatic heterocycles. The Labute approximate surface area is 108 Å². The molecule has 98 valence electrons. The monoisotopic (exact) mass is 248 g/mol. The second kappa shape index (κ2) is 6.84. The second-order valence-electron chi connectivity index (χ2n) is 4.36. The molecule has 3 heteroatoms. The lowest BCUT2D eigenvalue weighted by Gasteiger charge is -2.06. The van der Waals surface area contributed by atoms with E-state index in [-0.39, 0.29) is 5.97 Å². The van der Waals surface area contributed by atoms with Gasteiger partial charge in [-0.1, -0.05) is 26.0 Å². The van der Waals surface area contributed by atoms with E-state index in [1.165, 1.54) is 11.8 Å². The summed E-state index contributed by atoms with van der Waals surface area (Å²) in [6.45, 7) is 8.83. The molecule has 1 heterocycles. The maximum Gasteiger partial charge on any atom is 0.341 e. The van der Waals surface area contributed by atoms with Crippen LogP contribution in [0.15, 0.2) is 36.1 Å². The Kier molecular flexibility index (Phi) is 5.43. The number of esters is 1. The summed E-state index contributed by atoms with van der Waals surface area (Å²) >= 11 is 0. The first-order valence-electron chi connectivity index (χ1n) is 6.15. The smallest absolute Gasteiger partial charge is 0.341 e. The lowest BCUT2D eigenvalue weighted by atomic mass is 10.0. The minimum absolute atomic E-state index is 0.199. The van der Waals surface area contributed by atoms with Gasteiger partial charge in [-0.15, -0.1) is 0 Å². The second-order valence-corrected chi connectivity index (χ2v) is 4.36. The van der Waals surface area contributed by atoms with Crippen molar-refractivity contribution in [1.29, 1.82) is 0 Å². The number of cyclic esters (lactones) is 1. The van der Waals surface area contributed by atoms with E-state index >= 15 is 0 Å². The third-order valence-electron chi connectivity index (χ3n) is 2.52. The van der Waals surface area contributed by atoms with Gasteiger partial charge in [-0.2, -0.15) is 0 Å². The molecule has 0 fully saturated rings. The van der Waals surface area contributed by atoms with Crippen molar-refractivity contribution in [2.75, 3.05) is 6.61 Å². The summed E-state index contributed by atoms with van der Waals surface area (Å²) in [6.07, 6.45) is 1.43. The maximum atomic E-state index is 9.94. The average molecular weight is 248 g/mol. The third kappa shape index (κ3) is 4.24. The topological polar surface area (TPSA) is 35.5 Å². The lowest BCUT2D eigenvalue weighted by molar-refractivity contribution is -0.138. The molecule has 0 N–H and O–H groups in total. The van der Waals surface area contributed by atoms with Crippen LogP contribution in [0.4, 0.5) is 0 Å². The van der Waals surface area contributed by atoms with Crippen LogP contribution in [-0.2, 0) is 9.53 Å². The predicted molar refractivity (Wildman–Crippen MR) is 71.5 cm³/mol. The summed E-state index contributed by atoms with van der Waals surface area (Å²) in [6, 6.07) is 8.29. The summed E-state index contributed by atoms with van der Waals surface area (Å²) in [5.74, 6) is 1.36. The Balaban J connectivity index is 0.000000225. The summed E-state index contributed by atoms with van der Waals surface area (Å²) in [5.41, 5.74) is 2.06. The van der Waals surface area contributed by atoms with Crippen LogP contribution < -0.4 is 4.74 Å². The van der Waals surface area contributed by atoms with Gasteiger partial charge in [-0.25, -0.2) is 4.79 Å². The number of ether oxygens (including phenoxy) is 2. The molecule has 18 heavy (non-hydrogen) atoms. The molecule has 1 aliphatic rings. The normalized spacial score (nSPS) is 12.9. The highest BCUT2D eigenvalue weighted by Gasteiger charge is 2.12. The molecule has 0 unspecified atom stereocenters. The van der Waals surface area contributed by atoms with E-state index in [0.717, 1.165) is 12.4 Å². The van der Waals surface area contributed by atoms with Gasteiger partial charge in [0.05, 0.1) is 12.2 Å². The molecule has 0 aliphatic carbocycles. The van der Waals surface area contributed by atoms with E-state index in [0.29, 0.717) is 11.5 Å². The van der Waals surface area contributed by atoms with E-state index < -0.39 is 0 Å². The third-order valence-corrected chi connectivity index (χ3v) is 2.52. The zero-order chi connectivity index (χ0) is 13.5. The Hall–Kier alpha value is -1.77. The van der Waals surface area contributed by atoms with Crippen LogP contribution in [0.5, 0.6) is 5.75 Å². The van der Waals surface area contributed by atoms with E-state index in [9.17, 15) is 4.79 Å². The van der Waals surface area contributed by atoms with Crippen molar-refractivity contribution in [3.63, 3.8) is 0 Å². The molecular weight excluding hydrogens is 228 g/mol. The number of carbonyl (C=O) groups excluding carboxylic acids is 1. The summed E-state index contributed by atoms with van der Waals surface area (Å²) in [5, 5.41) is 0. The van der Waals surface area contributed by atoms with Crippen molar-refractivity contribution >= 4 is 5.97 Å². The number of benzene rings is 1. The molecule has 0 radical (unpaired) electrons. The van der Waals surface area contributed by atoms with Crippen LogP contribution in [0, 0.1) is 0 Å². The summed E-state index contributed by atoms with van der Waals surface area (Å²) in [4.78, 5) is 9.94. The first kappa shape index (κ1) is 14.3. The standard InChI is InChI=1S/C11H16O.C4H4O2/c1-4-12-11-7-5-10(6-8-11)9(2)3;1-3-2-6-4(3)5/h5-9H,4H2,1-3H3;2H,1H3. The maximum absolute atomic E-state index is 9.94. The lowest BCUT2D eigenvalue weighted by Crippen LogP contribution is -2.10. The Morgan fingerprint density at radius 3 is 2.06 bits per heavy atom. The van der Waals surface area contributed by atoms with Crippen LogP contribution in [-0.4, -0.2) is 12.6 Å². The molecule has 0 saturated carbocycles. The van der Waals surface area contributed by atoms with Gasteiger partial charge in [-0.05, 0) is 37.5 Å². The fraction of sp³-hybridized carbons (Fsp3) is 0.400. The molecule has 3 nitrogen and oxygen atoms in total. The highest BCUT2D eigenvalue weighted by Crippen LogP contribution is 2.18. The van der Waals surface area contributed by atoms with Crippen molar-refractivity contribution in [3.8, 4) is 5.75 Å². The molecule has 0 aromatic heterocycles. The van der Waals surface area contributed by atoms with E-state index in [4.69, 9.17) is 4.74 Å². The largest absolute Gasteiger partial charge is 0.494 e. The van der Waals surface area contributed by atoms with Crippen LogP contribution in [0.25, 0.3) is 0 Å². The number of hydrogen-bond donors (Lipinski definition) is 0. The molecule has 2 rings (SSSR count). The zero-order valence-electron chi connectivity index (χ0n) is 11.4. The average Bonchev–Trinajstić information content (AvgIpc) is 2.38. The van der Waals surface area contributed by atoms with Gasteiger partial charge in [0.1, 0.15) is 12.0 Å². The van der Waals surface area contributed by atoms with Crippen LogP contribution in [0.1, 0.15) is 39.2 Å². The number of hydrogen-bond acceptors (Lipinski definition) is 3. The van der Waals surface area contributed by atoms with Crippen LogP contribution >= 0.6 is 0 Å². The van der Waals surface area contributed by atoms with Gasteiger partial charge in [-0.3, -0.25) is 0 Å². The first-order valence-corrected chi connectivity index (χ1v) is 6.15. The minimum Gasteiger partial charge on any atom is -0.494 e. The molecule has 0 saturated heterocycles. The van der Waals surface area contributed by atoms with Crippen molar-refractivity contribution in [2.45, 2.75) is 33.6 Å². The predicted octanol–water partition coefficient (Wildman–Crippen LogP) is 3.66. The SMILES string of the molecule is CC1=COC1=O.CCOc1ccc(C(C)C)cc1. The van der Waals surface area contributed by atoms with E-state index in [2.05, 4.69) is 30.7 Å². The molecule has 0 amide bonds. The van der Waals surface area contributed by atoms with Crippen molar-refractivity contribution in [1.82, 2.24) is 0 Å². The molecule has 0 spiro atoms. The Bertz CT molecular complexity index is 416. The highest BCUT2D eigenvalue weighted by atomic mass is 16.5. The Morgan fingerprint density at radius 2 is 1.78 bits per heavy atom. The quantitative estimate of drug-likeness (QED) is 0.766. The van der Waals surface area contributed by atoms with Gasteiger partial charge >= 0.3 is 5.97 Å². The van der Waals surface area contributed by atoms with Crippen molar-refractivity contribution in [3.05, 3.63) is 41.7 Å². The van der Waals surface area contributed by atoms with Crippen molar-refractivity contribution in [2.24, 2.45) is 0 Å². The fourth-order valence-corrected chi connectivity index (χ4v) is 1.34. The van der Waals surface area contributed by atoms with Gasteiger partial charge in [0.25, 0.3) is 0 Å². The first-order chi connectivity index (χ1) is 8.54. The van der Waals surface area contributed by atoms with Crippen LogP contribution in [0.3, 0.4) is 0 Å². The molecular formula is C15H20O3. The van der Waals surface area contributed by atoms with Gasteiger partial charge in [0, 0.05) is 0 Å². The van der Waals surface area contributed by atoms with Gasteiger partial charge in [0.15, 0.2) is 0 Å². The fourth-order valence-electron chi connectivity index (χ4n) is 1.34. The molecule has 1 aromatic rings. The summed E-state index contributed by atoms with van der Waals surface area (Å²) < 4.78 is 9.58. The van der Waals surface area contributed by atoms with Crippen LogP contribution in [0.2, 0.25) is 0 Å². The van der Waals surface area contributed by atoms with E-state index in [1.54, 1.807) is 6.92 Å². The van der Waals surface area contributed by atoms with Gasteiger partial charge < -0.3 is 9.47 Å². The highest BCUT2D eigenvalue weighted by molar-refractivity contribution is 5.92. The van der Waals surface area contributed by atoms with E-state index in [1.807, 2.05) is 19.1 Å². The zero-order valence-corrected chi connectivity index (χ0v) is 11.4. The Morgan fingerprint density at radius 1 is 1.22 bits per heavy atom. The molecule has 0 bridgehead atoms. The number of rotatable bonds is 3. The minimum atomic E-state index is -0.199. The van der Waals surface area contributed by atoms with Crippen molar-refractivity contribution < 1.29 is 14.3 Å². The molecule has 1 aromatic carbocycles.